The minimum absolute atomic E-state index is 0.413. The maximum atomic E-state index is 5.40. The van der Waals surface area contributed by atoms with Gasteiger partial charge in [0, 0.05) is 44.1 Å². The van der Waals surface area contributed by atoms with Gasteiger partial charge in [0.25, 0.3) is 0 Å². The van der Waals surface area contributed by atoms with E-state index in [1.165, 1.54) is 25.7 Å². The minimum Gasteiger partial charge on any atom is -0.379 e. The average Bonchev–Trinajstić information content (AvgIpc) is 3.10. The highest BCUT2D eigenvalue weighted by Gasteiger charge is 2.20. The maximum Gasteiger partial charge on any atom is 0.203 e. The predicted molar refractivity (Wildman–Crippen MR) is 80.1 cm³/mol. The molecule has 0 bridgehead atoms. The number of imidazole rings is 1. The van der Waals surface area contributed by atoms with Gasteiger partial charge in [-0.1, -0.05) is 12.8 Å². The molecule has 5 heteroatoms. The summed E-state index contributed by atoms with van der Waals surface area (Å²) < 4.78 is 7.73. The zero-order valence-electron chi connectivity index (χ0n) is 12.4. The van der Waals surface area contributed by atoms with Gasteiger partial charge in [-0.05, 0) is 19.8 Å². The largest absolute Gasteiger partial charge is 0.379 e. The molecule has 2 fully saturated rings. The van der Waals surface area contributed by atoms with Crippen LogP contribution in [0.3, 0.4) is 0 Å². The molecule has 0 spiro atoms. The molecule has 112 valence electrons. The van der Waals surface area contributed by atoms with Gasteiger partial charge in [-0.15, -0.1) is 0 Å². The van der Waals surface area contributed by atoms with Crippen molar-refractivity contribution in [2.45, 2.75) is 44.7 Å². The lowest BCUT2D eigenvalue weighted by Gasteiger charge is -2.29. The van der Waals surface area contributed by atoms with Crippen LogP contribution in [0.1, 0.15) is 38.6 Å². The van der Waals surface area contributed by atoms with Crippen LogP contribution in [0.2, 0.25) is 0 Å². The molecule has 1 atom stereocenters. The summed E-state index contributed by atoms with van der Waals surface area (Å²) in [5.74, 6) is 1.04. The Morgan fingerprint density at radius 1 is 1.35 bits per heavy atom. The second-order valence-corrected chi connectivity index (χ2v) is 6.05. The molecule has 0 radical (unpaired) electrons. The van der Waals surface area contributed by atoms with Crippen molar-refractivity contribution in [2.75, 3.05) is 38.2 Å². The van der Waals surface area contributed by atoms with E-state index in [0.717, 1.165) is 38.8 Å². The van der Waals surface area contributed by atoms with Crippen LogP contribution in [0, 0.1) is 0 Å². The summed E-state index contributed by atoms with van der Waals surface area (Å²) in [5, 5.41) is 3.58. The highest BCUT2D eigenvalue weighted by molar-refractivity contribution is 5.28. The molecule has 1 aliphatic heterocycles. The lowest BCUT2D eigenvalue weighted by Crippen LogP contribution is -2.42. The van der Waals surface area contributed by atoms with Gasteiger partial charge < -0.3 is 14.6 Å². The zero-order valence-corrected chi connectivity index (χ0v) is 12.4. The zero-order chi connectivity index (χ0) is 13.8. The Kier molecular flexibility index (Phi) is 4.58. The molecule has 0 amide bonds. The van der Waals surface area contributed by atoms with E-state index < -0.39 is 0 Å². The molecule has 5 nitrogen and oxygen atoms in total. The summed E-state index contributed by atoms with van der Waals surface area (Å²) in [7, 11) is 0. The molecule has 2 aliphatic rings. The smallest absolute Gasteiger partial charge is 0.203 e. The first-order valence-electron chi connectivity index (χ1n) is 7.92. The fourth-order valence-corrected chi connectivity index (χ4v) is 3.34. The molecule has 1 saturated carbocycles. The van der Waals surface area contributed by atoms with Gasteiger partial charge in [-0.3, -0.25) is 4.90 Å². The normalized spacial score (nSPS) is 23.1. The molecular formula is C15H26N4O. The highest BCUT2D eigenvalue weighted by atomic mass is 16.5. The third-order valence-electron chi connectivity index (χ3n) is 4.40. The second-order valence-electron chi connectivity index (χ2n) is 6.05. The van der Waals surface area contributed by atoms with Crippen LogP contribution in [-0.2, 0) is 4.74 Å². The van der Waals surface area contributed by atoms with Crippen molar-refractivity contribution in [3.8, 4) is 0 Å². The van der Waals surface area contributed by atoms with E-state index in [1.807, 2.05) is 6.20 Å². The third-order valence-corrected chi connectivity index (χ3v) is 4.40. The minimum atomic E-state index is 0.413. The van der Waals surface area contributed by atoms with Crippen molar-refractivity contribution < 1.29 is 4.74 Å². The number of nitrogens with zero attached hydrogens (tertiary/aromatic N) is 3. The summed E-state index contributed by atoms with van der Waals surface area (Å²) >= 11 is 0. The van der Waals surface area contributed by atoms with Crippen LogP contribution in [0.5, 0.6) is 0 Å². The van der Waals surface area contributed by atoms with Crippen molar-refractivity contribution in [1.29, 1.82) is 0 Å². The lowest BCUT2D eigenvalue weighted by atomic mass is 10.2. The van der Waals surface area contributed by atoms with E-state index in [0.29, 0.717) is 12.1 Å². The molecule has 1 unspecified atom stereocenters. The van der Waals surface area contributed by atoms with Gasteiger partial charge in [0.05, 0.1) is 13.2 Å². The maximum absolute atomic E-state index is 5.40. The summed E-state index contributed by atoms with van der Waals surface area (Å²) in [6, 6.07) is 1.06. The van der Waals surface area contributed by atoms with E-state index in [2.05, 4.69) is 32.9 Å². The Balaban J connectivity index is 1.55. The van der Waals surface area contributed by atoms with E-state index in [1.54, 1.807) is 0 Å². The van der Waals surface area contributed by atoms with E-state index in [4.69, 9.17) is 4.74 Å². The highest BCUT2D eigenvalue weighted by Crippen LogP contribution is 2.31. The van der Waals surface area contributed by atoms with E-state index in [9.17, 15) is 0 Å². The number of hydrogen-bond donors (Lipinski definition) is 1. The topological polar surface area (TPSA) is 42.3 Å². The Hall–Kier alpha value is -1.07. The molecule has 3 rings (SSSR count). The molecular weight excluding hydrogens is 252 g/mol. The van der Waals surface area contributed by atoms with Gasteiger partial charge in [0.15, 0.2) is 0 Å². The van der Waals surface area contributed by atoms with Crippen LogP contribution in [0.25, 0.3) is 0 Å². The Morgan fingerprint density at radius 2 is 2.10 bits per heavy atom. The molecule has 1 aliphatic carbocycles. The van der Waals surface area contributed by atoms with Gasteiger partial charge in [0.2, 0.25) is 5.95 Å². The van der Waals surface area contributed by atoms with Gasteiger partial charge in [0.1, 0.15) is 0 Å². The first kappa shape index (κ1) is 13.9. The first-order chi connectivity index (χ1) is 9.83. The van der Waals surface area contributed by atoms with Crippen molar-refractivity contribution >= 4 is 5.95 Å². The van der Waals surface area contributed by atoms with Crippen LogP contribution in [0.4, 0.5) is 5.95 Å². The second kappa shape index (κ2) is 6.59. The molecule has 1 N–H and O–H groups in total. The molecule has 1 aromatic heterocycles. The van der Waals surface area contributed by atoms with Crippen LogP contribution in [-0.4, -0.2) is 53.3 Å². The monoisotopic (exact) mass is 278 g/mol. The first-order valence-corrected chi connectivity index (χ1v) is 7.92. The van der Waals surface area contributed by atoms with Crippen LogP contribution < -0.4 is 5.32 Å². The summed E-state index contributed by atoms with van der Waals surface area (Å²) in [6.07, 6.45) is 9.34. The Bertz CT molecular complexity index is 408. The average molecular weight is 278 g/mol. The van der Waals surface area contributed by atoms with E-state index in [-0.39, 0.29) is 0 Å². The lowest BCUT2D eigenvalue weighted by molar-refractivity contribution is 0.0367. The number of morpholine rings is 1. The number of aromatic nitrogens is 2. The van der Waals surface area contributed by atoms with Crippen LogP contribution >= 0.6 is 0 Å². The fraction of sp³-hybridized carbons (Fsp3) is 0.800. The number of nitrogens with one attached hydrogen (secondary N) is 1. The Morgan fingerprint density at radius 3 is 2.85 bits per heavy atom. The Labute approximate surface area is 121 Å². The molecule has 2 heterocycles. The van der Waals surface area contributed by atoms with Crippen molar-refractivity contribution in [3.63, 3.8) is 0 Å². The third kappa shape index (κ3) is 3.33. The van der Waals surface area contributed by atoms with Crippen molar-refractivity contribution in [2.24, 2.45) is 0 Å². The van der Waals surface area contributed by atoms with Crippen molar-refractivity contribution in [3.05, 3.63) is 12.4 Å². The van der Waals surface area contributed by atoms with Crippen LogP contribution in [0.15, 0.2) is 12.4 Å². The van der Waals surface area contributed by atoms with Gasteiger partial charge >= 0.3 is 0 Å². The number of anilines is 1. The molecule has 0 aromatic carbocycles. The molecule has 1 saturated heterocycles. The fourth-order valence-electron chi connectivity index (χ4n) is 3.34. The molecule has 1 aromatic rings. The van der Waals surface area contributed by atoms with Gasteiger partial charge in [-0.25, -0.2) is 4.98 Å². The summed E-state index contributed by atoms with van der Waals surface area (Å²) in [5.41, 5.74) is 0. The predicted octanol–water partition coefficient (Wildman–Crippen LogP) is 2.13. The summed E-state index contributed by atoms with van der Waals surface area (Å²) in [6.45, 7) is 7.11. The number of ether oxygens (including phenoxy) is 1. The van der Waals surface area contributed by atoms with Crippen molar-refractivity contribution in [1.82, 2.24) is 14.5 Å². The quantitative estimate of drug-likeness (QED) is 0.896. The number of rotatable bonds is 5. The SMILES string of the molecule is CC(CN1CCOCC1)Nc1nccn1C1CCCC1. The number of hydrogen-bond acceptors (Lipinski definition) is 4. The van der Waals surface area contributed by atoms with E-state index >= 15 is 0 Å². The molecule has 20 heavy (non-hydrogen) atoms. The summed E-state index contributed by atoms with van der Waals surface area (Å²) in [4.78, 5) is 6.96. The van der Waals surface area contributed by atoms with Gasteiger partial charge in [-0.2, -0.15) is 0 Å². The standard InChI is InChI=1S/C15H26N4O/c1-13(12-18-8-10-20-11-9-18)17-15-16-6-7-19(15)14-4-2-3-5-14/h6-7,13-14H,2-5,8-12H2,1H3,(H,16,17).